The summed E-state index contributed by atoms with van der Waals surface area (Å²) in [5.74, 6) is 4.59. The molecule has 0 aromatic carbocycles. The SMILES string of the molecule is Cc1csc(=O)n1Cc1csc(C(=O)NN)n1. The van der Waals surface area contributed by atoms with Crippen LogP contribution in [0.15, 0.2) is 15.6 Å². The quantitative estimate of drug-likeness (QED) is 0.477. The van der Waals surface area contributed by atoms with Crippen molar-refractivity contribution in [2.75, 3.05) is 0 Å². The average Bonchev–Trinajstić information content (AvgIpc) is 2.90. The molecule has 8 heteroatoms. The highest BCUT2D eigenvalue weighted by molar-refractivity contribution is 7.11. The molecule has 0 spiro atoms. The Morgan fingerprint density at radius 3 is 2.88 bits per heavy atom. The van der Waals surface area contributed by atoms with E-state index in [9.17, 15) is 9.59 Å². The van der Waals surface area contributed by atoms with E-state index in [1.54, 1.807) is 15.3 Å². The van der Waals surface area contributed by atoms with Crippen molar-refractivity contribution in [2.45, 2.75) is 13.5 Å². The fourth-order valence-electron chi connectivity index (χ4n) is 1.30. The lowest BCUT2D eigenvalue weighted by molar-refractivity contribution is 0.0953. The van der Waals surface area contributed by atoms with E-state index in [1.165, 1.54) is 11.3 Å². The van der Waals surface area contributed by atoms with Gasteiger partial charge in [0.2, 0.25) is 0 Å². The molecular formula is C9H10N4O2S2. The predicted molar refractivity (Wildman–Crippen MR) is 66.2 cm³/mol. The van der Waals surface area contributed by atoms with Crippen LogP contribution in [-0.2, 0) is 6.54 Å². The molecule has 0 saturated carbocycles. The number of aryl methyl sites for hydroxylation is 1. The Hall–Kier alpha value is -1.51. The zero-order valence-corrected chi connectivity index (χ0v) is 10.6. The summed E-state index contributed by atoms with van der Waals surface area (Å²) < 4.78 is 1.61. The Morgan fingerprint density at radius 1 is 1.53 bits per heavy atom. The molecule has 6 nitrogen and oxygen atoms in total. The number of hydrogen-bond donors (Lipinski definition) is 2. The molecule has 0 aliphatic heterocycles. The Balaban J connectivity index is 2.23. The van der Waals surface area contributed by atoms with Gasteiger partial charge in [0.05, 0.1) is 12.2 Å². The molecule has 3 N–H and O–H groups in total. The van der Waals surface area contributed by atoms with Crippen molar-refractivity contribution in [3.05, 3.63) is 36.8 Å². The van der Waals surface area contributed by atoms with Gasteiger partial charge in [0.15, 0.2) is 5.01 Å². The molecule has 2 aromatic rings. The van der Waals surface area contributed by atoms with Crippen molar-refractivity contribution in [2.24, 2.45) is 5.84 Å². The number of amides is 1. The van der Waals surface area contributed by atoms with Gasteiger partial charge in [-0.25, -0.2) is 10.8 Å². The van der Waals surface area contributed by atoms with Crippen LogP contribution in [0.4, 0.5) is 0 Å². The van der Waals surface area contributed by atoms with Gasteiger partial charge in [-0.05, 0) is 6.92 Å². The van der Waals surface area contributed by atoms with Gasteiger partial charge in [0.1, 0.15) is 0 Å². The maximum atomic E-state index is 11.5. The first kappa shape index (κ1) is 12.0. The number of nitrogen functional groups attached to an aromatic ring is 1. The third-order valence-corrected chi connectivity index (χ3v) is 3.94. The number of aromatic nitrogens is 2. The lowest BCUT2D eigenvalue weighted by atomic mass is 10.4. The van der Waals surface area contributed by atoms with E-state index >= 15 is 0 Å². The molecule has 0 radical (unpaired) electrons. The number of carbonyl (C=O) groups excluding carboxylic acids is 1. The molecule has 0 fully saturated rings. The van der Waals surface area contributed by atoms with E-state index in [1.807, 2.05) is 12.3 Å². The van der Waals surface area contributed by atoms with E-state index in [0.717, 1.165) is 17.0 Å². The fourth-order valence-corrected chi connectivity index (χ4v) is 2.75. The molecule has 90 valence electrons. The van der Waals surface area contributed by atoms with Crippen molar-refractivity contribution >= 4 is 28.6 Å². The van der Waals surface area contributed by atoms with Crippen LogP contribution in [0.1, 0.15) is 21.2 Å². The molecule has 17 heavy (non-hydrogen) atoms. The lowest BCUT2D eigenvalue weighted by Crippen LogP contribution is -2.29. The van der Waals surface area contributed by atoms with Gasteiger partial charge in [0.25, 0.3) is 5.91 Å². The van der Waals surface area contributed by atoms with Gasteiger partial charge in [-0.2, -0.15) is 0 Å². The van der Waals surface area contributed by atoms with Gasteiger partial charge in [-0.3, -0.25) is 19.6 Å². The summed E-state index contributed by atoms with van der Waals surface area (Å²) >= 11 is 2.35. The van der Waals surface area contributed by atoms with E-state index in [-0.39, 0.29) is 4.87 Å². The normalized spacial score (nSPS) is 10.5. The summed E-state index contributed by atoms with van der Waals surface area (Å²) in [7, 11) is 0. The molecule has 0 bridgehead atoms. The topological polar surface area (TPSA) is 90.0 Å². The summed E-state index contributed by atoms with van der Waals surface area (Å²) in [4.78, 5) is 26.8. The second-order valence-electron chi connectivity index (χ2n) is 3.35. The number of nitrogens with zero attached hydrogens (tertiary/aromatic N) is 2. The third kappa shape index (κ3) is 2.43. The molecule has 2 aromatic heterocycles. The summed E-state index contributed by atoms with van der Waals surface area (Å²) in [6.07, 6.45) is 0. The van der Waals surface area contributed by atoms with Gasteiger partial charge in [-0.15, -0.1) is 11.3 Å². The number of hydrazine groups is 1. The maximum absolute atomic E-state index is 11.5. The van der Waals surface area contributed by atoms with E-state index in [0.29, 0.717) is 17.2 Å². The van der Waals surface area contributed by atoms with Crippen LogP contribution in [0.3, 0.4) is 0 Å². The largest absolute Gasteiger partial charge is 0.307 e. The van der Waals surface area contributed by atoms with Crippen LogP contribution in [0.5, 0.6) is 0 Å². The first-order valence-corrected chi connectivity index (χ1v) is 6.48. The molecule has 1 amide bonds. The number of hydrogen-bond acceptors (Lipinski definition) is 6. The second-order valence-corrected chi connectivity index (χ2v) is 5.03. The van der Waals surface area contributed by atoms with Crippen molar-refractivity contribution in [1.29, 1.82) is 0 Å². The number of nitrogens with two attached hydrogens (primary N) is 1. The molecule has 0 unspecified atom stereocenters. The van der Waals surface area contributed by atoms with Gasteiger partial charge in [0, 0.05) is 16.5 Å². The van der Waals surface area contributed by atoms with E-state index < -0.39 is 5.91 Å². The smallest absolute Gasteiger partial charge is 0.297 e. The molecule has 2 heterocycles. The zero-order chi connectivity index (χ0) is 12.4. The highest BCUT2D eigenvalue weighted by Crippen LogP contribution is 2.11. The van der Waals surface area contributed by atoms with Crippen LogP contribution in [0.2, 0.25) is 0 Å². The molecule has 0 atom stereocenters. The number of thiazole rings is 2. The summed E-state index contributed by atoms with van der Waals surface area (Å²) in [5.41, 5.74) is 3.58. The molecular weight excluding hydrogens is 260 g/mol. The van der Waals surface area contributed by atoms with Gasteiger partial charge < -0.3 is 0 Å². The summed E-state index contributed by atoms with van der Waals surface area (Å²) in [5, 5.41) is 3.83. The molecule has 0 aliphatic rings. The highest BCUT2D eigenvalue weighted by atomic mass is 32.1. The average molecular weight is 270 g/mol. The van der Waals surface area contributed by atoms with Gasteiger partial charge in [-0.1, -0.05) is 11.3 Å². The third-order valence-electron chi connectivity index (χ3n) is 2.17. The van der Waals surface area contributed by atoms with Crippen molar-refractivity contribution in [3.8, 4) is 0 Å². The predicted octanol–water partition coefficient (Wildman–Crippen LogP) is 0.327. The minimum Gasteiger partial charge on any atom is -0.297 e. The first-order chi connectivity index (χ1) is 8.11. The number of rotatable bonds is 3. The zero-order valence-electron chi connectivity index (χ0n) is 8.97. The molecule has 0 saturated heterocycles. The number of carbonyl (C=O) groups is 1. The highest BCUT2D eigenvalue weighted by Gasteiger charge is 2.11. The van der Waals surface area contributed by atoms with Crippen LogP contribution < -0.4 is 16.1 Å². The van der Waals surface area contributed by atoms with Crippen LogP contribution >= 0.6 is 22.7 Å². The first-order valence-electron chi connectivity index (χ1n) is 4.72. The lowest BCUT2D eigenvalue weighted by Gasteiger charge is -2.00. The molecule has 0 aliphatic carbocycles. The Labute approximate surface area is 105 Å². The minimum atomic E-state index is -0.421. The fraction of sp³-hybridized carbons (Fsp3) is 0.222. The number of nitrogens with one attached hydrogen (secondary N) is 1. The van der Waals surface area contributed by atoms with Crippen LogP contribution in [0.25, 0.3) is 0 Å². The van der Waals surface area contributed by atoms with Crippen molar-refractivity contribution in [3.63, 3.8) is 0 Å². The standard InChI is InChI=1S/C9H10N4O2S2/c1-5-3-17-9(15)13(5)2-6-4-16-8(11-6)7(14)12-10/h3-4H,2,10H2,1H3,(H,12,14). The maximum Gasteiger partial charge on any atom is 0.307 e. The van der Waals surface area contributed by atoms with E-state index in [4.69, 9.17) is 5.84 Å². The van der Waals surface area contributed by atoms with Crippen molar-refractivity contribution in [1.82, 2.24) is 15.0 Å². The minimum absolute atomic E-state index is 0.0275. The molecule has 2 rings (SSSR count). The van der Waals surface area contributed by atoms with Crippen LogP contribution in [-0.4, -0.2) is 15.5 Å². The van der Waals surface area contributed by atoms with E-state index in [2.05, 4.69) is 4.98 Å². The second kappa shape index (κ2) is 4.78. The van der Waals surface area contributed by atoms with Crippen LogP contribution in [0, 0.1) is 6.92 Å². The van der Waals surface area contributed by atoms with Crippen molar-refractivity contribution < 1.29 is 4.79 Å². The summed E-state index contributed by atoms with van der Waals surface area (Å²) in [6.45, 7) is 2.24. The summed E-state index contributed by atoms with van der Waals surface area (Å²) in [6, 6.07) is 0. The Bertz CT molecular complexity index is 598. The Morgan fingerprint density at radius 2 is 2.29 bits per heavy atom. The Kier molecular flexibility index (Phi) is 3.36. The monoisotopic (exact) mass is 270 g/mol. The van der Waals surface area contributed by atoms with Gasteiger partial charge >= 0.3 is 4.87 Å².